The molecule has 0 saturated heterocycles. The van der Waals surface area contributed by atoms with Crippen LogP contribution in [-0.4, -0.2) is 9.66 Å². The number of hydrogen-bond acceptors (Lipinski definition) is 4. The van der Waals surface area contributed by atoms with Crippen LogP contribution >= 0.6 is 22.9 Å². The summed E-state index contributed by atoms with van der Waals surface area (Å²) in [6, 6.07) is 7.39. The Balaban J connectivity index is 2.40. The van der Waals surface area contributed by atoms with Crippen molar-refractivity contribution in [3.8, 4) is 11.1 Å². The van der Waals surface area contributed by atoms with E-state index in [0.29, 0.717) is 15.2 Å². The standard InChI is InChI=1S/C13H10ClN3OS/c1-7-10(8-2-4-9(14)5-3-8)11-12(19-7)16-6-17(15)13(11)18/h2-6H,15H2,1H3. The van der Waals surface area contributed by atoms with Gasteiger partial charge in [0.05, 0.1) is 5.39 Å². The van der Waals surface area contributed by atoms with Gasteiger partial charge in [-0.25, -0.2) is 9.66 Å². The largest absolute Gasteiger partial charge is 0.335 e. The molecule has 3 rings (SSSR count). The Morgan fingerprint density at radius 1 is 1.32 bits per heavy atom. The van der Waals surface area contributed by atoms with Crippen LogP contribution in [-0.2, 0) is 0 Å². The maximum absolute atomic E-state index is 12.2. The predicted octanol–water partition coefficient (Wildman–Crippen LogP) is 2.80. The second-order valence-corrected chi connectivity index (χ2v) is 5.82. The molecule has 0 aliphatic heterocycles. The second kappa shape index (κ2) is 4.36. The van der Waals surface area contributed by atoms with Gasteiger partial charge >= 0.3 is 0 Å². The molecule has 0 atom stereocenters. The minimum Gasteiger partial charge on any atom is -0.335 e. The second-order valence-electron chi connectivity index (χ2n) is 4.18. The van der Waals surface area contributed by atoms with Crippen LogP contribution in [0.1, 0.15) is 4.88 Å². The maximum atomic E-state index is 12.2. The van der Waals surface area contributed by atoms with Crippen molar-refractivity contribution in [2.75, 3.05) is 5.84 Å². The lowest BCUT2D eigenvalue weighted by Crippen LogP contribution is -2.26. The van der Waals surface area contributed by atoms with Gasteiger partial charge in [0.15, 0.2) is 0 Å². The van der Waals surface area contributed by atoms with Crippen molar-refractivity contribution in [2.24, 2.45) is 0 Å². The zero-order valence-electron chi connectivity index (χ0n) is 10.1. The lowest BCUT2D eigenvalue weighted by molar-refractivity contribution is 0.916. The van der Waals surface area contributed by atoms with Crippen LogP contribution in [0.4, 0.5) is 0 Å². The van der Waals surface area contributed by atoms with Crippen molar-refractivity contribution in [3.05, 3.63) is 50.8 Å². The van der Waals surface area contributed by atoms with Gasteiger partial charge in [-0.2, -0.15) is 0 Å². The van der Waals surface area contributed by atoms with E-state index in [1.54, 1.807) is 12.1 Å². The van der Waals surface area contributed by atoms with Crippen molar-refractivity contribution in [3.63, 3.8) is 0 Å². The number of fused-ring (bicyclic) bond motifs is 1. The topological polar surface area (TPSA) is 60.9 Å². The number of hydrogen-bond donors (Lipinski definition) is 1. The van der Waals surface area contributed by atoms with Gasteiger partial charge in [-0.15, -0.1) is 11.3 Å². The zero-order chi connectivity index (χ0) is 13.6. The highest BCUT2D eigenvalue weighted by Gasteiger charge is 2.16. The van der Waals surface area contributed by atoms with Crippen LogP contribution in [0.25, 0.3) is 21.3 Å². The molecule has 0 saturated carbocycles. The zero-order valence-corrected chi connectivity index (χ0v) is 11.6. The fraction of sp³-hybridized carbons (Fsp3) is 0.0769. The fourth-order valence-electron chi connectivity index (χ4n) is 2.08. The van der Waals surface area contributed by atoms with Crippen LogP contribution < -0.4 is 11.4 Å². The molecule has 1 aromatic carbocycles. The first-order chi connectivity index (χ1) is 9.08. The molecule has 3 aromatic rings. The Morgan fingerprint density at radius 2 is 2.00 bits per heavy atom. The van der Waals surface area contributed by atoms with E-state index >= 15 is 0 Å². The molecule has 0 bridgehead atoms. The van der Waals surface area contributed by atoms with Crippen molar-refractivity contribution in [1.29, 1.82) is 0 Å². The summed E-state index contributed by atoms with van der Waals surface area (Å²) in [6.07, 6.45) is 1.34. The summed E-state index contributed by atoms with van der Waals surface area (Å²) in [7, 11) is 0. The molecule has 0 amide bonds. The van der Waals surface area contributed by atoms with E-state index in [0.717, 1.165) is 20.7 Å². The van der Waals surface area contributed by atoms with Crippen molar-refractivity contribution < 1.29 is 0 Å². The van der Waals surface area contributed by atoms with Gasteiger partial charge in [0.25, 0.3) is 5.56 Å². The molecule has 6 heteroatoms. The summed E-state index contributed by atoms with van der Waals surface area (Å²) in [5.74, 6) is 5.59. The molecular formula is C13H10ClN3OS. The number of rotatable bonds is 1. The van der Waals surface area contributed by atoms with Crippen LogP contribution in [0.5, 0.6) is 0 Å². The minimum absolute atomic E-state index is 0.237. The van der Waals surface area contributed by atoms with Crippen LogP contribution in [0, 0.1) is 6.92 Å². The molecular weight excluding hydrogens is 282 g/mol. The van der Waals surface area contributed by atoms with Crippen LogP contribution in [0.3, 0.4) is 0 Å². The van der Waals surface area contributed by atoms with Crippen LogP contribution in [0.2, 0.25) is 5.02 Å². The monoisotopic (exact) mass is 291 g/mol. The molecule has 2 heterocycles. The lowest BCUT2D eigenvalue weighted by Gasteiger charge is -2.02. The average Bonchev–Trinajstić information content (AvgIpc) is 2.72. The smallest absolute Gasteiger partial charge is 0.281 e. The third-order valence-corrected chi connectivity index (χ3v) is 4.21. The normalized spacial score (nSPS) is 11.1. The van der Waals surface area contributed by atoms with E-state index < -0.39 is 0 Å². The number of nitrogens with zero attached hydrogens (tertiary/aromatic N) is 2. The molecule has 0 radical (unpaired) electrons. The molecule has 0 aliphatic carbocycles. The fourth-order valence-corrected chi connectivity index (χ4v) is 3.21. The lowest BCUT2D eigenvalue weighted by atomic mass is 10.0. The van der Waals surface area contributed by atoms with Crippen LogP contribution in [0.15, 0.2) is 35.4 Å². The number of halogens is 1. The quantitative estimate of drug-likeness (QED) is 0.701. The Hall–Kier alpha value is -1.85. The molecule has 2 aromatic heterocycles. The Morgan fingerprint density at radius 3 is 2.68 bits per heavy atom. The first kappa shape index (κ1) is 12.2. The number of nitrogen functional groups attached to an aromatic ring is 1. The van der Waals surface area contributed by atoms with Crippen molar-refractivity contribution >= 4 is 33.2 Å². The number of aryl methyl sites for hydroxylation is 1. The van der Waals surface area contributed by atoms with E-state index in [9.17, 15) is 4.79 Å². The first-order valence-electron chi connectivity index (χ1n) is 5.59. The molecule has 2 N–H and O–H groups in total. The SMILES string of the molecule is Cc1sc2ncn(N)c(=O)c2c1-c1ccc(Cl)cc1. The molecule has 0 fully saturated rings. The highest BCUT2D eigenvalue weighted by atomic mass is 35.5. The number of thiophene rings is 1. The van der Waals surface area contributed by atoms with E-state index in [2.05, 4.69) is 4.98 Å². The summed E-state index contributed by atoms with van der Waals surface area (Å²) in [4.78, 5) is 18.1. The van der Waals surface area contributed by atoms with Gasteiger partial charge < -0.3 is 5.84 Å². The van der Waals surface area contributed by atoms with Gasteiger partial charge in [-0.05, 0) is 24.6 Å². The van der Waals surface area contributed by atoms with Gasteiger partial charge in [0.1, 0.15) is 11.2 Å². The van der Waals surface area contributed by atoms with Crippen molar-refractivity contribution in [2.45, 2.75) is 6.92 Å². The molecule has 19 heavy (non-hydrogen) atoms. The van der Waals surface area contributed by atoms with E-state index in [-0.39, 0.29) is 5.56 Å². The molecule has 0 spiro atoms. The minimum atomic E-state index is -0.237. The average molecular weight is 292 g/mol. The van der Waals surface area contributed by atoms with E-state index in [1.807, 2.05) is 19.1 Å². The van der Waals surface area contributed by atoms with Gasteiger partial charge in [-0.1, -0.05) is 23.7 Å². The number of benzene rings is 1. The Labute approximate surface area is 118 Å². The first-order valence-corrected chi connectivity index (χ1v) is 6.79. The van der Waals surface area contributed by atoms with Gasteiger partial charge in [-0.3, -0.25) is 4.79 Å². The number of aromatic nitrogens is 2. The number of nitrogens with two attached hydrogens (primary N) is 1. The molecule has 4 nitrogen and oxygen atoms in total. The molecule has 0 unspecified atom stereocenters. The summed E-state index contributed by atoms with van der Waals surface area (Å²) in [5, 5.41) is 1.23. The summed E-state index contributed by atoms with van der Waals surface area (Å²) in [5.41, 5.74) is 1.59. The van der Waals surface area contributed by atoms with Crippen molar-refractivity contribution in [1.82, 2.24) is 9.66 Å². The van der Waals surface area contributed by atoms with Gasteiger partial charge in [0, 0.05) is 15.5 Å². The summed E-state index contributed by atoms with van der Waals surface area (Å²) >= 11 is 7.38. The summed E-state index contributed by atoms with van der Waals surface area (Å²) < 4.78 is 1.01. The van der Waals surface area contributed by atoms with Gasteiger partial charge in [0.2, 0.25) is 0 Å². The summed E-state index contributed by atoms with van der Waals surface area (Å²) in [6.45, 7) is 1.97. The molecule has 96 valence electrons. The third-order valence-electron chi connectivity index (χ3n) is 2.95. The maximum Gasteiger partial charge on any atom is 0.281 e. The predicted molar refractivity (Wildman–Crippen MR) is 79.2 cm³/mol. The highest BCUT2D eigenvalue weighted by Crippen LogP contribution is 2.35. The molecule has 0 aliphatic rings. The van der Waals surface area contributed by atoms with E-state index in [4.69, 9.17) is 17.4 Å². The van der Waals surface area contributed by atoms with E-state index in [1.165, 1.54) is 17.7 Å². The highest BCUT2D eigenvalue weighted by molar-refractivity contribution is 7.19. The third kappa shape index (κ3) is 1.91. The Bertz CT molecular complexity index is 820. The Kier molecular flexibility index (Phi) is 2.80.